The van der Waals surface area contributed by atoms with Gasteiger partial charge in [-0.15, -0.1) is 0 Å². The fraction of sp³-hybridized carbons (Fsp3) is 0.235. The van der Waals surface area contributed by atoms with E-state index < -0.39 is 6.04 Å². The lowest BCUT2D eigenvalue weighted by molar-refractivity contribution is -0.116. The van der Waals surface area contributed by atoms with E-state index in [0.717, 1.165) is 5.69 Å². The zero-order valence-corrected chi connectivity index (χ0v) is 14.0. The molecule has 1 unspecified atom stereocenters. The molecule has 0 aliphatic carbocycles. The van der Waals surface area contributed by atoms with E-state index in [9.17, 15) is 4.79 Å². The first-order chi connectivity index (χ1) is 11.6. The van der Waals surface area contributed by atoms with Gasteiger partial charge in [0.1, 0.15) is 11.8 Å². The molecule has 0 saturated heterocycles. The number of nitrogens with one attached hydrogen (secondary N) is 2. The number of benzene rings is 2. The van der Waals surface area contributed by atoms with Crippen LogP contribution in [0, 0.1) is 0 Å². The predicted molar refractivity (Wildman–Crippen MR) is 92.3 cm³/mol. The number of carbonyl (C=O) groups excluding carboxylic acids is 1. The fourth-order valence-electron chi connectivity index (χ4n) is 2.32. The van der Waals surface area contributed by atoms with Crippen LogP contribution in [-0.2, 0) is 4.79 Å². The minimum absolute atomic E-state index is 0.212. The highest BCUT2D eigenvalue weighted by Gasteiger charge is 2.18. The Hall–Kier alpha value is -2.60. The first kappa shape index (κ1) is 16.3. The van der Waals surface area contributed by atoms with Gasteiger partial charge < -0.3 is 24.8 Å². The van der Waals surface area contributed by atoms with Gasteiger partial charge in [0.25, 0.3) is 0 Å². The second-order valence-electron chi connectivity index (χ2n) is 5.27. The Morgan fingerprint density at radius 2 is 2.00 bits per heavy atom. The van der Waals surface area contributed by atoms with Crippen molar-refractivity contribution in [2.45, 2.75) is 13.0 Å². The van der Waals surface area contributed by atoms with E-state index in [0.29, 0.717) is 28.0 Å². The second kappa shape index (κ2) is 6.88. The van der Waals surface area contributed by atoms with Crippen LogP contribution in [0.2, 0.25) is 5.02 Å². The summed E-state index contributed by atoms with van der Waals surface area (Å²) in [5.74, 6) is 1.68. The third-order valence-electron chi connectivity index (χ3n) is 3.57. The number of carbonyl (C=O) groups is 1. The van der Waals surface area contributed by atoms with Gasteiger partial charge in [0.05, 0.1) is 12.8 Å². The van der Waals surface area contributed by atoms with Crippen molar-refractivity contribution in [3.05, 3.63) is 41.4 Å². The van der Waals surface area contributed by atoms with Gasteiger partial charge in [0.2, 0.25) is 12.7 Å². The summed E-state index contributed by atoms with van der Waals surface area (Å²) in [6.07, 6.45) is 0. The molecule has 1 aliphatic rings. The van der Waals surface area contributed by atoms with E-state index in [4.69, 9.17) is 25.8 Å². The van der Waals surface area contributed by atoms with Gasteiger partial charge in [-0.3, -0.25) is 4.79 Å². The normalized spacial score (nSPS) is 13.3. The number of halogens is 1. The topological polar surface area (TPSA) is 68.8 Å². The molecular formula is C17H17ClN2O4. The molecule has 1 atom stereocenters. The molecule has 24 heavy (non-hydrogen) atoms. The quantitative estimate of drug-likeness (QED) is 0.865. The van der Waals surface area contributed by atoms with Crippen LogP contribution >= 0.6 is 11.6 Å². The first-order valence-electron chi connectivity index (χ1n) is 7.37. The van der Waals surface area contributed by atoms with Crippen molar-refractivity contribution >= 4 is 28.9 Å². The largest absolute Gasteiger partial charge is 0.495 e. The lowest BCUT2D eigenvalue weighted by Crippen LogP contribution is -2.32. The molecule has 126 valence electrons. The summed E-state index contributed by atoms with van der Waals surface area (Å²) in [6.45, 7) is 1.97. The Bertz CT molecular complexity index is 766. The lowest BCUT2D eigenvalue weighted by Gasteiger charge is -2.17. The minimum atomic E-state index is -0.478. The van der Waals surface area contributed by atoms with Gasteiger partial charge in [0, 0.05) is 16.8 Å². The molecule has 0 fully saturated rings. The molecule has 0 spiro atoms. The molecule has 7 heteroatoms. The van der Waals surface area contributed by atoms with Crippen LogP contribution in [-0.4, -0.2) is 25.9 Å². The smallest absolute Gasteiger partial charge is 0.246 e. The minimum Gasteiger partial charge on any atom is -0.495 e. The average molecular weight is 349 g/mol. The third kappa shape index (κ3) is 3.49. The maximum absolute atomic E-state index is 12.4. The molecular weight excluding hydrogens is 332 g/mol. The standard InChI is InChI=1S/C17H17ClN2O4/c1-10(19-12-4-6-15-16(8-12)24-9-23-15)17(21)20-13-7-11(18)3-5-14(13)22-2/h3-8,10,19H,9H2,1-2H3,(H,20,21). The Morgan fingerprint density at radius 1 is 1.21 bits per heavy atom. The summed E-state index contributed by atoms with van der Waals surface area (Å²) < 4.78 is 15.8. The number of methoxy groups -OCH3 is 1. The predicted octanol–water partition coefficient (Wildman–Crippen LogP) is 3.52. The first-order valence-corrected chi connectivity index (χ1v) is 7.75. The van der Waals surface area contributed by atoms with Crippen molar-refractivity contribution in [3.8, 4) is 17.2 Å². The molecule has 0 aromatic heterocycles. The van der Waals surface area contributed by atoms with Gasteiger partial charge in [-0.2, -0.15) is 0 Å². The number of anilines is 2. The Balaban J connectivity index is 1.68. The lowest BCUT2D eigenvalue weighted by atomic mass is 10.2. The summed E-state index contributed by atoms with van der Waals surface area (Å²) in [7, 11) is 1.53. The highest BCUT2D eigenvalue weighted by molar-refractivity contribution is 6.31. The highest BCUT2D eigenvalue weighted by atomic mass is 35.5. The van der Waals surface area contributed by atoms with Gasteiger partial charge in [-0.1, -0.05) is 11.6 Å². The molecule has 2 aromatic rings. The molecule has 3 rings (SSSR count). The molecule has 2 aromatic carbocycles. The van der Waals surface area contributed by atoms with Crippen LogP contribution in [0.15, 0.2) is 36.4 Å². The summed E-state index contributed by atoms with van der Waals surface area (Å²) in [4.78, 5) is 12.4. The van der Waals surface area contributed by atoms with Crippen LogP contribution in [0.5, 0.6) is 17.2 Å². The summed E-state index contributed by atoms with van der Waals surface area (Å²) in [6, 6.07) is 10.00. The maximum Gasteiger partial charge on any atom is 0.246 e. The number of hydrogen-bond donors (Lipinski definition) is 2. The molecule has 0 radical (unpaired) electrons. The molecule has 0 saturated carbocycles. The SMILES string of the molecule is COc1ccc(Cl)cc1NC(=O)C(C)Nc1ccc2c(c1)OCO2. The van der Waals surface area contributed by atoms with Crippen LogP contribution in [0.3, 0.4) is 0 Å². The number of hydrogen-bond acceptors (Lipinski definition) is 5. The van der Waals surface area contributed by atoms with Crippen LogP contribution in [0.1, 0.15) is 6.92 Å². The van der Waals surface area contributed by atoms with E-state index in [2.05, 4.69) is 10.6 Å². The Kier molecular flexibility index (Phi) is 4.66. The van der Waals surface area contributed by atoms with Crippen LogP contribution < -0.4 is 24.8 Å². The average Bonchev–Trinajstić information content (AvgIpc) is 3.02. The summed E-state index contributed by atoms with van der Waals surface area (Å²) in [5.41, 5.74) is 1.29. The van der Waals surface area contributed by atoms with E-state index in [1.54, 1.807) is 37.3 Å². The van der Waals surface area contributed by atoms with E-state index in [-0.39, 0.29) is 12.7 Å². The number of ether oxygens (including phenoxy) is 3. The molecule has 1 amide bonds. The number of amides is 1. The molecule has 0 bridgehead atoms. The van der Waals surface area contributed by atoms with Crippen molar-refractivity contribution in [1.82, 2.24) is 0 Å². The van der Waals surface area contributed by atoms with Crippen molar-refractivity contribution < 1.29 is 19.0 Å². The zero-order valence-electron chi connectivity index (χ0n) is 13.3. The summed E-state index contributed by atoms with van der Waals surface area (Å²) in [5, 5.41) is 6.45. The molecule has 2 N–H and O–H groups in total. The Morgan fingerprint density at radius 3 is 2.79 bits per heavy atom. The van der Waals surface area contributed by atoms with Gasteiger partial charge >= 0.3 is 0 Å². The highest BCUT2D eigenvalue weighted by Crippen LogP contribution is 2.34. The second-order valence-corrected chi connectivity index (χ2v) is 5.70. The monoisotopic (exact) mass is 348 g/mol. The van der Waals surface area contributed by atoms with Crippen molar-refractivity contribution in [1.29, 1.82) is 0 Å². The van der Waals surface area contributed by atoms with Crippen molar-refractivity contribution in [3.63, 3.8) is 0 Å². The van der Waals surface area contributed by atoms with Crippen LogP contribution in [0.4, 0.5) is 11.4 Å². The van der Waals surface area contributed by atoms with E-state index >= 15 is 0 Å². The van der Waals surface area contributed by atoms with Gasteiger partial charge in [0.15, 0.2) is 11.5 Å². The van der Waals surface area contributed by atoms with Gasteiger partial charge in [-0.05, 0) is 37.3 Å². The van der Waals surface area contributed by atoms with Crippen molar-refractivity contribution in [2.24, 2.45) is 0 Å². The summed E-state index contributed by atoms with van der Waals surface area (Å²) >= 11 is 5.97. The number of rotatable bonds is 5. The number of fused-ring (bicyclic) bond motifs is 1. The van der Waals surface area contributed by atoms with E-state index in [1.807, 2.05) is 6.07 Å². The van der Waals surface area contributed by atoms with Crippen LogP contribution in [0.25, 0.3) is 0 Å². The van der Waals surface area contributed by atoms with Crippen molar-refractivity contribution in [2.75, 3.05) is 24.5 Å². The molecule has 6 nitrogen and oxygen atoms in total. The van der Waals surface area contributed by atoms with Gasteiger partial charge in [-0.25, -0.2) is 0 Å². The molecule has 1 aliphatic heterocycles. The van der Waals surface area contributed by atoms with E-state index in [1.165, 1.54) is 7.11 Å². The Labute approximate surface area is 144 Å². The fourth-order valence-corrected chi connectivity index (χ4v) is 2.49. The maximum atomic E-state index is 12.4. The molecule has 1 heterocycles. The zero-order chi connectivity index (χ0) is 17.1. The third-order valence-corrected chi connectivity index (χ3v) is 3.80.